The summed E-state index contributed by atoms with van der Waals surface area (Å²) in [5.41, 5.74) is 0. The van der Waals surface area contributed by atoms with Crippen molar-refractivity contribution in [2.24, 2.45) is 0 Å². The van der Waals surface area contributed by atoms with Crippen molar-refractivity contribution in [3.63, 3.8) is 0 Å². The Kier molecular flexibility index (Phi) is 55.5. The van der Waals surface area contributed by atoms with Gasteiger partial charge in [-0.25, -0.2) is 0 Å². The lowest BCUT2D eigenvalue weighted by atomic mass is 9.99. The van der Waals surface area contributed by atoms with Crippen LogP contribution in [0.15, 0.2) is 85.1 Å². The van der Waals surface area contributed by atoms with Crippen molar-refractivity contribution in [1.29, 1.82) is 0 Å². The molecule has 0 aromatic rings. The Morgan fingerprint density at radius 2 is 0.867 bits per heavy atom. The molecule has 0 spiro atoms. The third-order valence-electron chi connectivity index (χ3n) is 16.0. The normalized spacial score (nSPS) is 19.1. The maximum Gasteiger partial charge on any atom is 0.306 e. The predicted octanol–water partition coefficient (Wildman–Crippen LogP) is 17.3. The van der Waals surface area contributed by atoms with Crippen molar-refractivity contribution in [3.05, 3.63) is 85.1 Å². The van der Waals surface area contributed by atoms with Crippen molar-refractivity contribution in [2.75, 3.05) is 13.2 Å². The summed E-state index contributed by atoms with van der Waals surface area (Å²) in [6.45, 7) is 5.65. The fraction of sp³-hybridized carbons (Fsp3) is 0.778. The van der Waals surface area contributed by atoms with E-state index < -0.39 is 67.4 Å². The average Bonchev–Trinajstić information content (AvgIpc) is 3.58. The SMILES string of the molecule is CC\C=C/C=C/C=C/C=C\C=C\C=C\CCCCCC(=O)OC1C(OCC(NC(=O)C(O)CCCCCCCCCCCCCCCCCCCCCCCCCC)C(O)/C=C/CCCCCCCCCCCCC)OC(CO)C(O)C1O. The van der Waals surface area contributed by atoms with Crippen molar-refractivity contribution < 1.29 is 49.3 Å². The molecule has 0 bridgehead atoms. The van der Waals surface area contributed by atoms with Crippen molar-refractivity contribution in [2.45, 2.75) is 346 Å². The molecule has 0 aromatic carbocycles. The van der Waals surface area contributed by atoms with Gasteiger partial charge in [-0.2, -0.15) is 0 Å². The van der Waals surface area contributed by atoms with Crippen LogP contribution in [0.5, 0.6) is 0 Å². The molecular formula is C72H127NO10. The minimum Gasteiger partial charge on any atom is -0.454 e. The highest BCUT2D eigenvalue weighted by Gasteiger charge is 2.47. The molecule has 11 heteroatoms. The number of carbonyl (C=O) groups is 2. The van der Waals surface area contributed by atoms with Gasteiger partial charge >= 0.3 is 5.97 Å². The largest absolute Gasteiger partial charge is 0.454 e. The predicted molar refractivity (Wildman–Crippen MR) is 347 cm³/mol. The van der Waals surface area contributed by atoms with Crippen LogP contribution in [0, 0.1) is 0 Å². The smallest absolute Gasteiger partial charge is 0.306 e. The number of carbonyl (C=O) groups excluding carboxylic acids is 2. The number of ether oxygens (including phenoxy) is 3. The van der Waals surface area contributed by atoms with Crippen molar-refractivity contribution in [3.8, 4) is 0 Å². The summed E-state index contributed by atoms with van der Waals surface area (Å²) in [5.74, 6) is -1.24. The van der Waals surface area contributed by atoms with E-state index in [0.717, 1.165) is 64.2 Å². The summed E-state index contributed by atoms with van der Waals surface area (Å²) in [6, 6.07) is -1.04. The van der Waals surface area contributed by atoms with Crippen LogP contribution >= 0.6 is 0 Å². The van der Waals surface area contributed by atoms with E-state index in [2.05, 4.69) is 38.2 Å². The third-order valence-corrected chi connectivity index (χ3v) is 16.0. The average molecular weight is 1170 g/mol. The number of esters is 1. The van der Waals surface area contributed by atoms with Crippen LogP contribution in [0.2, 0.25) is 0 Å². The molecule has 0 saturated carbocycles. The molecule has 83 heavy (non-hydrogen) atoms. The Labute approximate surface area is 508 Å². The second-order valence-electron chi connectivity index (χ2n) is 23.7. The maximum atomic E-state index is 13.5. The zero-order valence-electron chi connectivity index (χ0n) is 53.3. The number of hydrogen-bond acceptors (Lipinski definition) is 10. The van der Waals surface area contributed by atoms with Crippen LogP contribution in [0.4, 0.5) is 0 Å². The molecule has 1 aliphatic heterocycles. The van der Waals surface area contributed by atoms with E-state index in [-0.39, 0.29) is 19.4 Å². The topological polar surface area (TPSA) is 175 Å². The Hall–Kier alpha value is -3.16. The lowest BCUT2D eigenvalue weighted by Gasteiger charge is -2.41. The van der Waals surface area contributed by atoms with E-state index in [0.29, 0.717) is 12.8 Å². The van der Waals surface area contributed by atoms with Gasteiger partial charge in [0.25, 0.3) is 0 Å². The molecule has 11 nitrogen and oxygen atoms in total. The van der Waals surface area contributed by atoms with Gasteiger partial charge in [-0.15, -0.1) is 0 Å². The Balaban J connectivity index is 2.62. The zero-order valence-corrected chi connectivity index (χ0v) is 53.3. The molecule has 8 unspecified atom stereocenters. The molecule has 0 aliphatic carbocycles. The van der Waals surface area contributed by atoms with Gasteiger partial charge in [-0.3, -0.25) is 9.59 Å². The molecule has 0 radical (unpaired) electrons. The van der Waals surface area contributed by atoms with Gasteiger partial charge in [0.15, 0.2) is 12.4 Å². The van der Waals surface area contributed by atoms with Gasteiger partial charge in [0.2, 0.25) is 5.91 Å². The summed E-state index contributed by atoms with van der Waals surface area (Å²) in [6.07, 6.45) is 67.7. The highest BCUT2D eigenvalue weighted by molar-refractivity contribution is 5.80. The highest BCUT2D eigenvalue weighted by Crippen LogP contribution is 2.26. The number of allylic oxidation sites excluding steroid dienone is 13. The van der Waals surface area contributed by atoms with Crippen molar-refractivity contribution in [1.82, 2.24) is 5.32 Å². The number of aliphatic hydroxyl groups is 5. The first kappa shape index (κ1) is 77.9. The monoisotopic (exact) mass is 1170 g/mol. The molecule has 1 rings (SSSR count). The van der Waals surface area contributed by atoms with Crippen LogP contribution in [0.3, 0.4) is 0 Å². The summed E-state index contributed by atoms with van der Waals surface area (Å²) >= 11 is 0. The van der Waals surface area contributed by atoms with Gasteiger partial charge in [-0.05, 0) is 44.9 Å². The van der Waals surface area contributed by atoms with Crippen LogP contribution in [0.1, 0.15) is 297 Å². The van der Waals surface area contributed by atoms with Crippen LogP contribution < -0.4 is 5.32 Å². The van der Waals surface area contributed by atoms with E-state index in [1.165, 1.54) is 186 Å². The first-order valence-corrected chi connectivity index (χ1v) is 34.4. The van der Waals surface area contributed by atoms with Crippen LogP contribution in [-0.4, -0.2) is 99.6 Å². The van der Waals surface area contributed by atoms with Gasteiger partial charge < -0.3 is 45.1 Å². The van der Waals surface area contributed by atoms with E-state index in [4.69, 9.17) is 14.2 Å². The highest BCUT2D eigenvalue weighted by atomic mass is 16.7. The van der Waals surface area contributed by atoms with Crippen molar-refractivity contribution >= 4 is 11.9 Å². The molecule has 6 N–H and O–H groups in total. The molecule has 8 atom stereocenters. The minimum atomic E-state index is -1.64. The lowest BCUT2D eigenvalue weighted by Crippen LogP contribution is -2.61. The van der Waals surface area contributed by atoms with Crippen LogP contribution in [-0.2, 0) is 23.8 Å². The first-order valence-electron chi connectivity index (χ1n) is 34.4. The minimum absolute atomic E-state index is 0.0698. The van der Waals surface area contributed by atoms with E-state index in [1.54, 1.807) is 6.08 Å². The molecular weight excluding hydrogens is 1040 g/mol. The van der Waals surface area contributed by atoms with Crippen LogP contribution in [0.25, 0.3) is 0 Å². The Morgan fingerprint density at radius 1 is 0.482 bits per heavy atom. The van der Waals surface area contributed by atoms with Gasteiger partial charge in [-0.1, -0.05) is 331 Å². The number of nitrogens with one attached hydrogen (secondary N) is 1. The molecule has 1 saturated heterocycles. The second-order valence-corrected chi connectivity index (χ2v) is 23.7. The van der Waals surface area contributed by atoms with Gasteiger partial charge in [0.1, 0.15) is 24.4 Å². The number of hydrogen-bond donors (Lipinski definition) is 6. The summed E-state index contributed by atoms with van der Waals surface area (Å²) in [5, 5.41) is 57.2. The zero-order chi connectivity index (χ0) is 60.3. The lowest BCUT2D eigenvalue weighted by molar-refractivity contribution is -0.305. The van der Waals surface area contributed by atoms with Gasteiger partial charge in [0, 0.05) is 6.42 Å². The molecule has 1 amide bonds. The Bertz CT molecular complexity index is 1670. The fourth-order valence-electron chi connectivity index (χ4n) is 10.6. The van der Waals surface area contributed by atoms with E-state index in [9.17, 15) is 35.1 Å². The first-order chi connectivity index (χ1) is 40.7. The standard InChI is InChI=1S/C72H127NO10/c1-4-7-10-13-16-19-22-25-27-29-30-31-32-33-34-35-37-38-41-44-47-50-53-56-59-65(76)71(80)73-63(64(75)58-55-52-49-46-43-40-24-21-18-15-12-9-6-3)62-81-72-70(69(79)68(78)66(61-74)82-72)83-67(77)60-57-54-51-48-45-42-39-36-28-26-23-20-17-14-11-8-5-2/h8,11,14,17,20,23,26,28,36,39,42,45,55,58,63-66,68-70,72,74-76,78-79H,4-7,9-10,12-13,15-16,18-19,21-22,24-25,27,29-35,37-38,40-41,43-44,46-54,56-57,59-62H2,1-3H3,(H,73,80)/b11-8-,17-14+,23-20+,28-26-,39-36+,45-42+,58-55+. The number of amides is 1. The second kappa shape index (κ2) is 59.2. The molecule has 0 aromatic heterocycles. The van der Waals surface area contributed by atoms with Gasteiger partial charge in [0.05, 0.1) is 25.4 Å². The number of rotatable bonds is 58. The fourth-order valence-corrected chi connectivity index (χ4v) is 10.6. The number of unbranched alkanes of at least 4 members (excludes halogenated alkanes) is 37. The van der Waals surface area contributed by atoms with E-state index in [1.807, 2.05) is 66.8 Å². The molecule has 480 valence electrons. The molecule has 1 heterocycles. The quantitative estimate of drug-likeness (QED) is 0.0149. The summed E-state index contributed by atoms with van der Waals surface area (Å²) in [7, 11) is 0. The molecule has 1 fully saturated rings. The Morgan fingerprint density at radius 3 is 1.30 bits per heavy atom. The third kappa shape index (κ3) is 46.7. The molecule has 1 aliphatic rings. The number of aliphatic hydroxyl groups excluding tert-OH is 5. The maximum absolute atomic E-state index is 13.5. The summed E-state index contributed by atoms with van der Waals surface area (Å²) in [4.78, 5) is 26.6. The van der Waals surface area contributed by atoms with E-state index >= 15 is 0 Å². The summed E-state index contributed by atoms with van der Waals surface area (Å²) < 4.78 is 17.6.